The van der Waals surface area contributed by atoms with E-state index in [0.717, 1.165) is 36.3 Å². The second-order valence-electron chi connectivity index (χ2n) is 11.8. The molecule has 5 rings (SSSR count). The number of thioether (sulfide) groups is 1. The lowest BCUT2D eigenvalue weighted by molar-refractivity contribution is -0.123. The molecule has 43 heavy (non-hydrogen) atoms. The maximum absolute atomic E-state index is 14.6. The number of fused-ring (bicyclic) bond motifs is 1. The number of amides is 1. The molecule has 2 heterocycles. The number of H-pyrrole nitrogens is 1. The highest BCUT2D eigenvalue weighted by molar-refractivity contribution is 7.98. The lowest BCUT2D eigenvalue weighted by atomic mass is 9.81. The molecule has 0 spiro atoms. The number of nitrogens with zero attached hydrogens (tertiary/aromatic N) is 1. The van der Waals surface area contributed by atoms with Crippen molar-refractivity contribution in [3.8, 4) is 28.4 Å². The fourth-order valence-electron chi connectivity index (χ4n) is 6.29. The third-order valence-corrected chi connectivity index (χ3v) is 9.64. The Morgan fingerprint density at radius 2 is 1.81 bits per heavy atom. The summed E-state index contributed by atoms with van der Waals surface area (Å²) in [5, 5.41) is 2.92. The molecule has 8 nitrogen and oxygen atoms in total. The van der Waals surface area contributed by atoms with Gasteiger partial charge in [0.15, 0.2) is 11.5 Å². The van der Waals surface area contributed by atoms with Crippen LogP contribution in [0.1, 0.15) is 59.8 Å². The minimum Gasteiger partial charge on any atom is -0.496 e. The van der Waals surface area contributed by atoms with Crippen LogP contribution >= 0.6 is 11.8 Å². The number of aromatic nitrogens is 1. The van der Waals surface area contributed by atoms with Crippen molar-refractivity contribution in [2.45, 2.75) is 69.7 Å². The van der Waals surface area contributed by atoms with E-state index >= 15 is 0 Å². The normalized spacial score (nSPS) is 21.2. The maximum Gasteiger partial charge on any atom is 0.254 e. The lowest BCUT2D eigenvalue weighted by Gasteiger charge is -2.39. The van der Waals surface area contributed by atoms with Gasteiger partial charge in [-0.3, -0.25) is 9.59 Å². The SMILES string of the molecule is COc1ccc(F)cc1-c1cc(C(=O)NCc2c(SC)cc(C)[nH]c2=O)c(C)c2c1OC(C)(C1CCC(N(C)C)CC1)O2. The van der Waals surface area contributed by atoms with Gasteiger partial charge in [0, 0.05) is 63.8 Å². The Labute approximate surface area is 256 Å². The quantitative estimate of drug-likeness (QED) is 0.300. The van der Waals surface area contributed by atoms with Crippen LogP contribution in [0, 0.1) is 25.6 Å². The predicted molar refractivity (Wildman–Crippen MR) is 167 cm³/mol. The van der Waals surface area contributed by atoms with E-state index in [0.29, 0.717) is 51.1 Å². The smallest absolute Gasteiger partial charge is 0.254 e. The predicted octanol–water partition coefficient (Wildman–Crippen LogP) is 6.07. The van der Waals surface area contributed by atoms with Crippen LogP contribution in [0.4, 0.5) is 4.39 Å². The number of carbonyl (C=O) groups is 1. The standard InChI is InChI=1S/C33H40FN3O5S/c1-18-14-28(43-7)26(32(39)36-18)17-35-31(38)23-16-25(24-15-21(34)10-13-27(24)40-6)30-29(19(23)2)41-33(3,42-30)20-8-11-22(12-9-20)37(4)5/h10,13-16,20,22H,8-9,11-12,17H2,1-7H3,(H,35,38)(H,36,39). The molecule has 1 fully saturated rings. The van der Waals surface area contributed by atoms with Crippen LogP contribution in [-0.4, -0.2) is 55.1 Å². The molecular weight excluding hydrogens is 569 g/mol. The molecule has 2 N–H and O–H groups in total. The molecule has 0 saturated heterocycles. The van der Waals surface area contributed by atoms with Crippen molar-refractivity contribution in [3.63, 3.8) is 0 Å². The molecule has 1 aromatic heterocycles. The Morgan fingerprint density at radius 1 is 1.12 bits per heavy atom. The van der Waals surface area contributed by atoms with Crippen LogP contribution in [0.5, 0.6) is 17.2 Å². The Kier molecular flexibility index (Phi) is 8.81. The lowest BCUT2D eigenvalue weighted by Crippen LogP contribution is -2.46. The molecule has 3 aromatic rings. The summed E-state index contributed by atoms with van der Waals surface area (Å²) in [5.74, 6) is -0.266. The van der Waals surface area contributed by atoms with Gasteiger partial charge in [-0.1, -0.05) is 0 Å². The number of benzene rings is 2. The van der Waals surface area contributed by atoms with Crippen molar-refractivity contribution in [3.05, 3.63) is 68.9 Å². The first-order chi connectivity index (χ1) is 20.4. The van der Waals surface area contributed by atoms with Crippen LogP contribution < -0.4 is 25.1 Å². The van der Waals surface area contributed by atoms with Crippen LogP contribution in [0.3, 0.4) is 0 Å². The highest BCUT2D eigenvalue weighted by atomic mass is 32.2. The summed E-state index contributed by atoms with van der Waals surface area (Å²) in [6, 6.07) is 8.37. The van der Waals surface area contributed by atoms with Gasteiger partial charge in [0.2, 0.25) is 0 Å². The summed E-state index contributed by atoms with van der Waals surface area (Å²) >= 11 is 1.45. The van der Waals surface area contributed by atoms with Gasteiger partial charge >= 0.3 is 0 Å². The van der Waals surface area contributed by atoms with Crippen molar-refractivity contribution < 1.29 is 23.4 Å². The first-order valence-corrected chi connectivity index (χ1v) is 15.8. The highest BCUT2D eigenvalue weighted by Gasteiger charge is 2.48. The molecule has 230 valence electrons. The molecule has 1 aliphatic carbocycles. The van der Waals surface area contributed by atoms with Crippen LogP contribution in [0.15, 0.2) is 40.0 Å². The second-order valence-corrected chi connectivity index (χ2v) is 12.6. The fourth-order valence-corrected chi connectivity index (χ4v) is 7.00. The summed E-state index contributed by atoms with van der Waals surface area (Å²) in [4.78, 5) is 32.3. The van der Waals surface area contributed by atoms with Gasteiger partial charge in [0.1, 0.15) is 11.6 Å². The van der Waals surface area contributed by atoms with Gasteiger partial charge in [-0.15, -0.1) is 11.8 Å². The zero-order valence-corrected chi connectivity index (χ0v) is 26.7. The van der Waals surface area contributed by atoms with E-state index in [2.05, 4.69) is 29.3 Å². The second kappa shape index (κ2) is 12.2. The van der Waals surface area contributed by atoms with Crippen LogP contribution in [0.25, 0.3) is 11.1 Å². The Morgan fingerprint density at radius 3 is 2.47 bits per heavy atom. The Balaban J connectivity index is 1.54. The Bertz CT molecular complexity index is 1600. The van der Waals surface area contributed by atoms with Gasteiger partial charge in [-0.2, -0.15) is 0 Å². The first kappa shape index (κ1) is 30.9. The molecule has 1 amide bonds. The van der Waals surface area contributed by atoms with E-state index in [1.54, 1.807) is 12.1 Å². The number of carbonyl (C=O) groups excluding carboxylic acids is 1. The van der Waals surface area contributed by atoms with Gasteiger partial charge in [0.25, 0.3) is 17.3 Å². The summed E-state index contributed by atoms with van der Waals surface area (Å²) in [7, 11) is 5.74. The number of halogens is 1. The summed E-state index contributed by atoms with van der Waals surface area (Å²) in [6.07, 6.45) is 5.82. The Hall–Kier alpha value is -3.50. The van der Waals surface area contributed by atoms with E-state index in [-0.39, 0.29) is 23.9 Å². The molecular formula is C33H40FN3O5S. The summed E-state index contributed by atoms with van der Waals surface area (Å²) < 4.78 is 33.5. The summed E-state index contributed by atoms with van der Waals surface area (Å²) in [6.45, 7) is 5.64. The molecule has 0 bridgehead atoms. The number of aromatic amines is 1. The number of hydrogen-bond acceptors (Lipinski definition) is 7. The third-order valence-electron chi connectivity index (χ3n) is 8.83. The van der Waals surface area contributed by atoms with E-state index in [1.165, 1.54) is 31.0 Å². The fraction of sp³-hybridized carbons (Fsp3) is 0.455. The molecule has 1 aliphatic heterocycles. The minimum atomic E-state index is -0.947. The number of ether oxygens (including phenoxy) is 3. The first-order valence-electron chi connectivity index (χ1n) is 14.6. The zero-order valence-electron chi connectivity index (χ0n) is 25.9. The zero-order chi connectivity index (χ0) is 31.1. The van der Waals surface area contributed by atoms with E-state index in [4.69, 9.17) is 14.2 Å². The van der Waals surface area contributed by atoms with Crippen molar-refractivity contribution in [1.29, 1.82) is 0 Å². The van der Waals surface area contributed by atoms with Gasteiger partial charge in [-0.05, 0) is 90.2 Å². The van der Waals surface area contributed by atoms with Crippen molar-refractivity contribution >= 4 is 17.7 Å². The highest BCUT2D eigenvalue weighted by Crippen LogP contribution is 2.54. The molecule has 2 aliphatic rings. The van der Waals surface area contributed by atoms with E-state index in [9.17, 15) is 14.0 Å². The maximum atomic E-state index is 14.6. The third kappa shape index (κ3) is 5.99. The van der Waals surface area contributed by atoms with E-state index < -0.39 is 11.6 Å². The summed E-state index contributed by atoms with van der Waals surface area (Å²) in [5.41, 5.74) is 2.92. The average Bonchev–Trinajstić information content (AvgIpc) is 3.35. The number of rotatable bonds is 8. The van der Waals surface area contributed by atoms with Crippen molar-refractivity contribution in [1.82, 2.24) is 15.2 Å². The molecule has 1 unspecified atom stereocenters. The minimum absolute atomic E-state index is 0.0456. The molecule has 0 radical (unpaired) electrons. The number of methoxy groups -OCH3 is 1. The van der Waals surface area contributed by atoms with Gasteiger partial charge in [-0.25, -0.2) is 4.39 Å². The van der Waals surface area contributed by atoms with Crippen LogP contribution in [-0.2, 0) is 6.54 Å². The number of pyridine rings is 1. The van der Waals surface area contributed by atoms with E-state index in [1.807, 2.05) is 33.1 Å². The van der Waals surface area contributed by atoms with Crippen molar-refractivity contribution in [2.24, 2.45) is 5.92 Å². The number of nitrogens with one attached hydrogen (secondary N) is 2. The van der Waals surface area contributed by atoms with Crippen LogP contribution in [0.2, 0.25) is 0 Å². The average molecular weight is 610 g/mol. The molecule has 1 atom stereocenters. The largest absolute Gasteiger partial charge is 0.496 e. The topological polar surface area (TPSA) is 92.9 Å². The van der Waals surface area contributed by atoms with Gasteiger partial charge in [0.05, 0.1) is 7.11 Å². The van der Waals surface area contributed by atoms with Crippen molar-refractivity contribution in [2.75, 3.05) is 27.5 Å². The molecule has 2 aromatic carbocycles. The van der Waals surface area contributed by atoms with Gasteiger partial charge < -0.3 is 29.4 Å². The number of hydrogen-bond donors (Lipinski definition) is 2. The molecule has 1 saturated carbocycles. The monoisotopic (exact) mass is 609 g/mol. The molecule has 10 heteroatoms. The number of aryl methyl sites for hydroxylation is 1.